The monoisotopic (exact) mass is 470 g/mol. The summed E-state index contributed by atoms with van der Waals surface area (Å²) in [5, 5.41) is 4.58. The minimum absolute atomic E-state index is 0.00559. The number of hydrogen-bond donors (Lipinski definition) is 0. The Hall–Kier alpha value is -3.48. The summed E-state index contributed by atoms with van der Waals surface area (Å²) in [4.78, 5) is 25.2. The third-order valence-electron chi connectivity index (χ3n) is 5.41. The van der Waals surface area contributed by atoms with Gasteiger partial charge in [0.25, 0.3) is 5.56 Å². The Balaban J connectivity index is 1.43. The van der Waals surface area contributed by atoms with E-state index in [9.17, 15) is 9.59 Å². The molecule has 172 valence electrons. The second-order valence-corrected chi connectivity index (χ2v) is 9.01. The number of carbonyl (C=O) groups is 1. The molecule has 0 bridgehead atoms. The molecule has 0 amide bonds. The number of hydrogen-bond acceptors (Lipinski definition) is 5. The molecule has 0 unspecified atom stereocenters. The van der Waals surface area contributed by atoms with E-state index in [1.54, 1.807) is 18.2 Å². The smallest absolute Gasteiger partial charge is 0.267 e. The van der Waals surface area contributed by atoms with Crippen molar-refractivity contribution < 1.29 is 8.98 Å². The van der Waals surface area contributed by atoms with Gasteiger partial charge in [0.1, 0.15) is 0 Å². The summed E-state index contributed by atoms with van der Waals surface area (Å²) >= 11 is 1.38. The summed E-state index contributed by atoms with van der Waals surface area (Å²) in [6, 6.07) is 26.9. The van der Waals surface area contributed by atoms with Crippen molar-refractivity contribution in [1.82, 2.24) is 9.78 Å². The highest BCUT2D eigenvalue weighted by atomic mass is 32.2. The van der Waals surface area contributed by atoms with Gasteiger partial charge in [0.2, 0.25) is 0 Å². The molecule has 0 aliphatic heterocycles. The molecule has 34 heavy (non-hydrogen) atoms. The second kappa shape index (κ2) is 11.1. The Morgan fingerprint density at radius 2 is 1.71 bits per heavy atom. The SMILES string of the molecule is CC(=O)c1cccc(Cn2nc(-c3cccc(CCOSc4ccc(C)cc4)c3)ccc2=O)c1. The van der Waals surface area contributed by atoms with Crippen molar-refractivity contribution in [1.29, 1.82) is 0 Å². The van der Waals surface area contributed by atoms with E-state index in [1.165, 1.54) is 35.3 Å². The molecule has 0 saturated heterocycles. The highest BCUT2D eigenvalue weighted by molar-refractivity contribution is 7.94. The molecule has 0 N–H and O–H groups in total. The fourth-order valence-corrected chi connectivity index (χ4v) is 4.08. The molecule has 3 aromatic carbocycles. The number of aromatic nitrogens is 2. The maximum absolute atomic E-state index is 12.4. The second-order valence-electron chi connectivity index (χ2n) is 8.14. The van der Waals surface area contributed by atoms with Crippen molar-refractivity contribution >= 4 is 17.8 Å². The molecule has 6 heteroatoms. The van der Waals surface area contributed by atoms with Crippen LogP contribution in [0, 0.1) is 6.92 Å². The van der Waals surface area contributed by atoms with E-state index >= 15 is 0 Å². The zero-order valence-corrected chi connectivity index (χ0v) is 20.0. The Labute approximate surface area is 203 Å². The van der Waals surface area contributed by atoms with Crippen LogP contribution in [0.15, 0.2) is 94.6 Å². The first-order valence-corrected chi connectivity index (χ1v) is 11.9. The molecule has 0 saturated carbocycles. The number of ketones is 1. The fraction of sp³-hybridized carbons (Fsp3) is 0.179. The van der Waals surface area contributed by atoms with E-state index in [0.29, 0.717) is 18.7 Å². The van der Waals surface area contributed by atoms with Crippen molar-refractivity contribution in [3.05, 3.63) is 118 Å². The van der Waals surface area contributed by atoms with Crippen LogP contribution in [0.25, 0.3) is 11.3 Å². The van der Waals surface area contributed by atoms with Gasteiger partial charge in [-0.3, -0.25) is 9.59 Å². The predicted octanol–water partition coefficient (Wildman–Crippen LogP) is 5.74. The molecule has 0 atom stereocenters. The van der Waals surface area contributed by atoms with Crippen LogP contribution in [-0.4, -0.2) is 22.2 Å². The van der Waals surface area contributed by atoms with Crippen molar-refractivity contribution in [2.45, 2.75) is 31.7 Å². The van der Waals surface area contributed by atoms with Crippen LogP contribution in [0.5, 0.6) is 0 Å². The maximum atomic E-state index is 12.4. The standard InChI is InChI=1S/C28H26N2O3S/c1-20-9-11-26(12-10-20)34-33-16-15-22-5-3-8-25(17-22)27-13-14-28(32)30(29-27)19-23-6-4-7-24(18-23)21(2)31/h3-14,17-18H,15-16,19H2,1-2H3. The third-order valence-corrected chi connectivity index (χ3v) is 6.15. The van der Waals surface area contributed by atoms with Crippen LogP contribution < -0.4 is 5.56 Å². The lowest BCUT2D eigenvalue weighted by Crippen LogP contribution is -2.23. The molecule has 0 aliphatic rings. The minimum Gasteiger partial charge on any atom is -0.310 e. The number of benzene rings is 3. The van der Waals surface area contributed by atoms with Gasteiger partial charge < -0.3 is 4.18 Å². The molecule has 5 nitrogen and oxygen atoms in total. The highest BCUT2D eigenvalue weighted by Gasteiger charge is 2.07. The molecule has 4 rings (SSSR count). The lowest BCUT2D eigenvalue weighted by Gasteiger charge is -2.09. The number of nitrogens with zero attached hydrogens (tertiary/aromatic N) is 2. The Morgan fingerprint density at radius 1 is 0.941 bits per heavy atom. The van der Waals surface area contributed by atoms with Crippen LogP contribution in [0.3, 0.4) is 0 Å². The maximum Gasteiger partial charge on any atom is 0.267 e. The van der Waals surface area contributed by atoms with E-state index in [0.717, 1.165) is 33.7 Å². The van der Waals surface area contributed by atoms with Gasteiger partial charge in [0.15, 0.2) is 5.78 Å². The number of Topliss-reactive ketones (excluding diaryl/α,β-unsaturated/α-hetero) is 1. The van der Waals surface area contributed by atoms with Gasteiger partial charge in [-0.1, -0.05) is 54.1 Å². The topological polar surface area (TPSA) is 61.2 Å². The fourth-order valence-electron chi connectivity index (χ4n) is 3.53. The summed E-state index contributed by atoms with van der Waals surface area (Å²) in [7, 11) is 0. The Bertz CT molecular complexity index is 1350. The predicted molar refractivity (Wildman–Crippen MR) is 136 cm³/mol. The van der Waals surface area contributed by atoms with Crippen LogP contribution in [0.2, 0.25) is 0 Å². The van der Waals surface area contributed by atoms with Gasteiger partial charge in [-0.2, -0.15) is 5.10 Å². The summed E-state index contributed by atoms with van der Waals surface area (Å²) in [6.07, 6.45) is 0.768. The van der Waals surface area contributed by atoms with Crippen molar-refractivity contribution in [2.75, 3.05) is 6.61 Å². The van der Waals surface area contributed by atoms with Crippen LogP contribution in [0.4, 0.5) is 0 Å². The number of rotatable bonds is 9. The van der Waals surface area contributed by atoms with Crippen LogP contribution >= 0.6 is 12.0 Å². The van der Waals surface area contributed by atoms with Crippen molar-refractivity contribution in [2.24, 2.45) is 0 Å². The van der Waals surface area contributed by atoms with Gasteiger partial charge in [0, 0.05) is 34.1 Å². The molecule has 0 spiro atoms. The van der Waals surface area contributed by atoms with Gasteiger partial charge in [-0.05, 0) is 61.7 Å². The number of aryl methyl sites for hydroxylation is 1. The summed E-state index contributed by atoms with van der Waals surface area (Å²) < 4.78 is 7.20. The van der Waals surface area contributed by atoms with Gasteiger partial charge in [-0.25, -0.2) is 4.68 Å². The Kier molecular flexibility index (Phi) is 7.72. The number of carbonyl (C=O) groups excluding carboxylic acids is 1. The van der Waals surface area contributed by atoms with Crippen molar-refractivity contribution in [3.8, 4) is 11.3 Å². The first-order valence-electron chi connectivity index (χ1n) is 11.1. The molecule has 4 aromatic rings. The van der Waals surface area contributed by atoms with E-state index in [1.807, 2.05) is 24.3 Å². The molecular formula is C28H26N2O3S. The average Bonchev–Trinajstić information content (AvgIpc) is 2.85. The first kappa shape index (κ1) is 23.7. The molecule has 0 radical (unpaired) electrons. The summed E-state index contributed by atoms with van der Waals surface area (Å²) in [5.74, 6) is -0.00559. The van der Waals surface area contributed by atoms with Gasteiger partial charge in [-0.15, -0.1) is 0 Å². The molecule has 0 aliphatic carbocycles. The summed E-state index contributed by atoms with van der Waals surface area (Å²) in [5.41, 5.74) is 5.32. The van der Waals surface area contributed by atoms with Crippen LogP contribution in [0.1, 0.15) is 34.0 Å². The average molecular weight is 471 g/mol. The summed E-state index contributed by atoms with van der Waals surface area (Å²) in [6.45, 7) is 4.48. The van der Waals surface area contributed by atoms with Gasteiger partial charge >= 0.3 is 0 Å². The van der Waals surface area contributed by atoms with E-state index in [2.05, 4.69) is 48.4 Å². The zero-order chi connectivity index (χ0) is 23.9. The lowest BCUT2D eigenvalue weighted by atomic mass is 10.1. The van der Waals surface area contributed by atoms with Gasteiger partial charge in [0.05, 0.1) is 18.8 Å². The van der Waals surface area contributed by atoms with Crippen LogP contribution in [-0.2, 0) is 17.1 Å². The molecular weight excluding hydrogens is 444 g/mol. The normalized spacial score (nSPS) is 10.9. The zero-order valence-electron chi connectivity index (χ0n) is 19.2. The quantitative estimate of drug-likeness (QED) is 0.177. The van der Waals surface area contributed by atoms with Crippen molar-refractivity contribution in [3.63, 3.8) is 0 Å². The third kappa shape index (κ3) is 6.31. The molecule has 0 fully saturated rings. The Morgan fingerprint density at radius 3 is 2.50 bits per heavy atom. The van der Waals surface area contributed by atoms with E-state index in [-0.39, 0.29) is 11.3 Å². The first-order chi connectivity index (χ1) is 16.5. The minimum atomic E-state index is -0.185. The molecule has 1 aromatic heterocycles. The highest BCUT2D eigenvalue weighted by Crippen LogP contribution is 2.21. The lowest BCUT2D eigenvalue weighted by molar-refractivity contribution is 0.101. The van der Waals surface area contributed by atoms with E-state index in [4.69, 9.17) is 4.18 Å². The van der Waals surface area contributed by atoms with E-state index < -0.39 is 0 Å². The largest absolute Gasteiger partial charge is 0.310 e. The molecule has 1 heterocycles.